The number of anilines is 2. The molecule has 0 unspecified atom stereocenters. The second-order valence-electron chi connectivity index (χ2n) is 6.25. The number of aromatic nitrogens is 4. The lowest BCUT2D eigenvalue weighted by atomic mass is 9.89. The van der Waals surface area contributed by atoms with Crippen LogP contribution in [-0.4, -0.2) is 32.8 Å². The highest BCUT2D eigenvalue weighted by molar-refractivity contribution is 6.32. The van der Waals surface area contributed by atoms with Crippen LogP contribution in [0.4, 0.5) is 11.6 Å². The molecule has 25 heavy (non-hydrogen) atoms. The molecule has 2 aromatic heterocycles. The Bertz CT molecular complexity index is 917. The minimum Gasteiger partial charge on any atom is -0.320 e. The van der Waals surface area contributed by atoms with Gasteiger partial charge >= 0.3 is 0 Å². The van der Waals surface area contributed by atoms with Crippen molar-refractivity contribution >= 4 is 45.7 Å². The Morgan fingerprint density at radius 1 is 1.20 bits per heavy atom. The normalized spacial score (nSPS) is 15.6. The SMILES string of the molecule is Cn1ncc(Nc2ncc3cc(Cl)c(C4CCNCC4)cc3n2)c1Cl. The van der Waals surface area contributed by atoms with E-state index >= 15 is 0 Å². The van der Waals surface area contributed by atoms with Gasteiger partial charge in [0, 0.05) is 23.7 Å². The van der Waals surface area contributed by atoms with Crippen LogP contribution >= 0.6 is 23.2 Å². The number of nitrogens with zero attached hydrogens (tertiary/aromatic N) is 4. The average Bonchev–Trinajstić information content (AvgIpc) is 2.94. The van der Waals surface area contributed by atoms with Gasteiger partial charge in [-0.3, -0.25) is 4.68 Å². The first-order valence-electron chi connectivity index (χ1n) is 8.23. The third-order valence-corrected chi connectivity index (χ3v) is 5.37. The topological polar surface area (TPSA) is 67.7 Å². The van der Waals surface area contributed by atoms with Gasteiger partial charge in [-0.15, -0.1) is 0 Å². The first kappa shape index (κ1) is 16.6. The molecule has 0 aliphatic carbocycles. The third kappa shape index (κ3) is 3.29. The van der Waals surface area contributed by atoms with Crippen LogP contribution in [0.2, 0.25) is 10.2 Å². The summed E-state index contributed by atoms with van der Waals surface area (Å²) < 4.78 is 1.58. The molecule has 0 amide bonds. The fourth-order valence-electron chi connectivity index (χ4n) is 3.20. The second kappa shape index (κ2) is 6.78. The van der Waals surface area contributed by atoms with Gasteiger partial charge in [-0.25, -0.2) is 9.97 Å². The summed E-state index contributed by atoms with van der Waals surface area (Å²) in [6.45, 7) is 2.05. The molecular formula is C17H18Cl2N6. The Morgan fingerprint density at radius 2 is 2.00 bits per heavy atom. The number of nitrogens with one attached hydrogen (secondary N) is 2. The Hall–Kier alpha value is -1.89. The first-order valence-corrected chi connectivity index (χ1v) is 8.99. The maximum atomic E-state index is 6.51. The van der Waals surface area contributed by atoms with Crippen LogP contribution in [0.15, 0.2) is 24.5 Å². The zero-order valence-electron chi connectivity index (χ0n) is 13.8. The molecule has 1 aromatic carbocycles. The highest BCUT2D eigenvalue weighted by Gasteiger charge is 2.19. The number of benzene rings is 1. The summed E-state index contributed by atoms with van der Waals surface area (Å²) in [6.07, 6.45) is 5.60. The van der Waals surface area contributed by atoms with Crippen LogP contribution < -0.4 is 10.6 Å². The third-order valence-electron chi connectivity index (χ3n) is 4.59. The molecule has 130 valence electrons. The monoisotopic (exact) mass is 376 g/mol. The van der Waals surface area contributed by atoms with Gasteiger partial charge in [-0.1, -0.05) is 23.2 Å². The summed E-state index contributed by atoms with van der Waals surface area (Å²) in [5.74, 6) is 0.957. The summed E-state index contributed by atoms with van der Waals surface area (Å²) in [5, 5.41) is 12.8. The van der Waals surface area contributed by atoms with Crippen molar-refractivity contribution < 1.29 is 0 Å². The van der Waals surface area contributed by atoms with Crippen LogP contribution in [-0.2, 0) is 7.05 Å². The zero-order chi connectivity index (χ0) is 17.4. The van der Waals surface area contributed by atoms with Crippen molar-refractivity contribution in [2.75, 3.05) is 18.4 Å². The Morgan fingerprint density at radius 3 is 2.72 bits per heavy atom. The molecule has 1 fully saturated rings. The van der Waals surface area contributed by atoms with E-state index in [9.17, 15) is 0 Å². The van der Waals surface area contributed by atoms with Crippen LogP contribution in [0.5, 0.6) is 0 Å². The lowest BCUT2D eigenvalue weighted by Gasteiger charge is -2.24. The maximum Gasteiger partial charge on any atom is 0.227 e. The Labute approximate surface area is 155 Å². The molecule has 0 saturated carbocycles. The second-order valence-corrected chi connectivity index (χ2v) is 7.01. The molecule has 3 aromatic rings. The van der Waals surface area contributed by atoms with E-state index in [2.05, 4.69) is 31.8 Å². The van der Waals surface area contributed by atoms with Gasteiger partial charge in [0.25, 0.3) is 0 Å². The van der Waals surface area contributed by atoms with Gasteiger partial charge in [-0.05, 0) is 49.5 Å². The van der Waals surface area contributed by atoms with Crippen LogP contribution in [0.25, 0.3) is 10.9 Å². The lowest BCUT2D eigenvalue weighted by molar-refractivity contribution is 0.461. The number of halogens is 2. The predicted molar refractivity (Wildman–Crippen MR) is 101 cm³/mol. The molecule has 6 nitrogen and oxygen atoms in total. The molecule has 8 heteroatoms. The van der Waals surface area contributed by atoms with Gasteiger partial charge in [0.05, 0.1) is 17.4 Å². The van der Waals surface area contributed by atoms with Crippen LogP contribution in [0, 0.1) is 0 Å². The molecule has 3 heterocycles. The van der Waals surface area contributed by atoms with E-state index in [1.54, 1.807) is 24.1 Å². The van der Waals surface area contributed by atoms with Gasteiger partial charge in [0.1, 0.15) is 5.15 Å². The van der Waals surface area contributed by atoms with Crippen molar-refractivity contribution in [3.8, 4) is 0 Å². The van der Waals surface area contributed by atoms with E-state index in [1.165, 1.54) is 5.56 Å². The van der Waals surface area contributed by atoms with E-state index in [-0.39, 0.29) is 0 Å². The average molecular weight is 377 g/mol. The highest BCUT2D eigenvalue weighted by Crippen LogP contribution is 2.34. The predicted octanol–water partition coefficient (Wildman–Crippen LogP) is 3.88. The fourth-order valence-corrected chi connectivity index (χ4v) is 3.67. The fraction of sp³-hybridized carbons (Fsp3) is 0.353. The molecule has 0 spiro atoms. The number of rotatable bonds is 3. The standard InChI is InChI=1S/C17H18Cl2N6/c1-25-16(19)15(9-22-25)24-17-21-8-11-6-13(18)12(7-14(11)23-17)10-2-4-20-5-3-10/h6-10,20H,2-5H2,1H3,(H,21,23,24). The summed E-state index contributed by atoms with van der Waals surface area (Å²) in [5.41, 5.74) is 2.71. The quantitative estimate of drug-likeness (QED) is 0.725. The highest BCUT2D eigenvalue weighted by atomic mass is 35.5. The van der Waals surface area contributed by atoms with Crippen LogP contribution in [0.3, 0.4) is 0 Å². The van der Waals surface area contributed by atoms with Crippen molar-refractivity contribution in [3.05, 3.63) is 40.3 Å². The first-order chi connectivity index (χ1) is 12.1. The molecule has 0 atom stereocenters. The smallest absolute Gasteiger partial charge is 0.227 e. The number of hydrogen-bond donors (Lipinski definition) is 2. The molecule has 4 rings (SSSR count). The van der Waals surface area contributed by atoms with Crippen molar-refractivity contribution in [1.29, 1.82) is 0 Å². The molecule has 2 N–H and O–H groups in total. The molecule has 1 saturated heterocycles. The summed E-state index contributed by atoms with van der Waals surface area (Å²) in [6, 6.07) is 4.04. The lowest BCUT2D eigenvalue weighted by Crippen LogP contribution is -2.26. The molecule has 1 aliphatic rings. The number of piperidine rings is 1. The number of hydrogen-bond acceptors (Lipinski definition) is 5. The van der Waals surface area contributed by atoms with E-state index < -0.39 is 0 Å². The van der Waals surface area contributed by atoms with E-state index in [1.807, 2.05) is 6.07 Å². The van der Waals surface area contributed by atoms with Gasteiger partial charge in [-0.2, -0.15) is 5.10 Å². The minimum atomic E-state index is 0.470. The molecular weight excluding hydrogens is 359 g/mol. The van der Waals surface area contributed by atoms with Gasteiger partial charge < -0.3 is 10.6 Å². The summed E-state index contributed by atoms with van der Waals surface area (Å²) >= 11 is 12.7. The van der Waals surface area contributed by atoms with E-state index in [0.717, 1.165) is 41.9 Å². The number of aryl methyl sites for hydroxylation is 1. The van der Waals surface area contributed by atoms with Crippen molar-refractivity contribution in [1.82, 2.24) is 25.1 Å². The Kier molecular flexibility index (Phi) is 4.50. The van der Waals surface area contributed by atoms with Gasteiger partial charge in [0.15, 0.2) is 0 Å². The van der Waals surface area contributed by atoms with Crippen molar-refractivity contribution in [2.45, 2.75) is 18.8 Å². The van der Waals surface area contributed by atoms with Crippen molar-refractivity contribution in [3.63, 3.8) is 0 Å². The van der Waals surface area contributed by atoms with E-state index in [0.29, 0.717) is 22.7 Å². The zero-order valence-corrected chi connectivity index (χ0v) is 15.3. The summed E-state index contributed by atoms with van der Waals surface area (Å²) in [4.78, 5) is 8.97. The van der Waals surface area contributed by atoms with Gasteiger partial charge in [0.2, 0.25) is 5.95 Å². The van der Waals surface area contributed by atoms with Crippen LogP contribution in [0.1, 0.15) is 24.3 Å². The minimum absolute atomic E-state index is 0.470. The number of fused-ring (bicyclic) bond motifs is 1. The largest absolute Gasteiger partial charge is 0.320 e. The summed E-state index contributed by atoms with van der Waals surface area (Å²) in [7, 11) is 1.78. The molecule has 0 radical (unpaired) electrons. The molecule has 0 bridgehead atoms. The molecule has 1 aliphatic heterocycles. The maximum absolute atomic E-state index is 6.51. The van der Waals surface area contributed by atoms with Crippen molar-refractivity contribution in [2.24, 2.45) is 7.05 Å². The van der Waals surface area contributed by atoms with E-state index in [4.69, 9.17) is 23.2 Å². The Balaban J connectivity index is 1.69.